The molecule has 2 atom stereocenters. The lowest BCUT2D eigenvalue weighted by Crippen LogP contribution is -2.64. The molecule has 1 N–H and O–H groups in total. The molecule has 0 bridgehead atoms. The molecule has 3 nitrogen and oxygen atoms in total. The van der Waals surface area contributed by atoms with E-state index in [1.807, 2.05) is 0 Å². The van der Waals surface area contributed by atoms with Crippen LogP contribution in [0.1, 0.15) is 50.7 Å². The molecule has 1 saturated carbocycles. The minimum Gasteiger partial charge on any atom is -0.350 e. The predicted molar refractivity (Wildman–Crippen MR) is 83.7 cm³/mol. The first-order chi connectivity index (χ1) is 9.20. The predicted octanol–water partition coefficient (Wildman–Crippen LogP) is 3.67. The normalized spacial score (nSPS) is 29.9. The summed E-state index contributed by atoms with van der Waals surface area (Å²) in [5.41, 5.74) is 4.74. The van der Waals surface area contributed by atoms with Crippen LogP contribution in [-0.2, 0) is 4.74 Å². The zero-order valence-electron chi connectivity index (χ0n) is 12.3. The lowest BCUT2D eigenvalue weighted by Gasteiger charge is -2.51. The molecule has 1 aliphatic heterocycles. The molecular weight excluding hydrogens is 272 g/mol. The Balaban J connectivity index is 0.00000147. The SMILES string of the molecule is C[C@@H]1[C@H](c2ccccc2)OC2(CCCCC2)NN1C.Cl. The maximum absolute atomic E-state index is 6.53. The number of rotatable bonds is 1. The Morgan fingerprint density at radius 3 is 2.45 bits per heavy atom. The van der Waals surface area contributed by atoms with Crippen LogP contribution in [0.15, 0.2) is 30.3 Å². The highest BCUT2D eigenvalue weighted by Gasteiger charge is 2.43. The molecule has 0 amide bonds. The zero-order chi connectivity index (χ0) is 13.3. The van der Waals surface area contributed by atoms with E-state index in [1.165, 1.54) is 24.8 Å². The van der Waals surface area contributed by atoms with Crippen molar-refractivity contribution in [2.45, 2.75) is 56.9 Å². The smallest absolute Gasteiger partial charge is 0.132 e. The van der Waals surface area contributed by atoms with E-state index in [0.717, 1.165) is 12.8 Å². The van der Waals surface area contributed by atoms with Gasteiger partial charge in [0.25, 0.3) is 0 Å². The minimum absolute atomic E-state index is 0. The molecule has 0 unspecified atom stereocenters. The van der Waals surface area contributed by atoms with Crippen LogP contribution in [0.5, 0.6) is 0 Å². The summed E-state index contributed by atoms with van der Waals surface area (Å²) in [6.07, 6.45) is 6.25. The highest BCUT2D eigenvalue weighted by atomic mass is 35.5. The van der Waals surface area contributed by atoms with Gasteiger partial charge in [-0.15, -0.1) is 12.4 Å². The fourth-order valence-electron chi connectivity index (χ4n) is 3.34. The summed E-state index contributed by atoms with van der Waals surface area (Å²) in [4.78, 5) is 0. The minimum atomic E-state index is -0.139. The van der Waals surface area contributed by atoms with Crippen molar-refractivity contribution in [1.82, 2.24) is 10.4 Å². The summed E-state index contributed by atoms with van der Waals surface area (Å²) in [5.74, 6) is 0. The molecule has 112 valence electrons. The van der Waals surface area contributed by atoms with Crippen LogP contribution in [0.2, 0.25) is 0 Å². The van der Waals surface area contributed by atoms with Crippen molar-refractivity contribution in [3.63, 3.8) is 0 Å². The molecule has 20 heavy (non-hydrogen) atoms. The van der Waals surface area contributed by atoms with Crippen molar-refractivity contribution in [2.24, 2.45) is 0 Å². The molecule has 1 saturated heterocycles. The van der Waals surface area contributed by atoms with Crippen molar-refractivity contribution < 1.29 is 4.74 Å². The molecular formula is C16H25ClN2O. The Hall–Kier alpha value is -0.610. The molecule has 1 heterocycles. The Bertz CT molecular complexity index is 420. The lowest BCUT2D eigenvalue weighted by molar-refractivity contribution is -0.232. The van der Waals surface area contributed by atoms with E-state index in [-0.39, 0.29) is 24.2 Å². The largest absolute Gasteiger partial charge is 0.350 e. The third kappa shape index (κ3) is 3.01. The topological polar surface area (TPSA) is 24.5 Å². The number of hydrogen-bond acceptors (Lipinski definition) is 3. The fourth-order valence-corrected chi connectivity index (χ4v) is 3.34. The van der Waals surface area contributed by atoms with Gasteiger partial charge in [0.1, 0.15) is 11.8 Å². The van der Waals surface area contributed by atoms with E-state index in [1.54, 1.807) is 0 Å². The van der Waals surface area contributed by atoms with Crippen LogP contribution in [0, 0.1) is 0 Å². The Kier molecular flexibility index (Phi) is 5.08. The average molecular weight is 297 g/mol. The molecule has 1 aromatic carbocycles. The number of nitrogens with one attached hydrogen (secondary N) is 1. The summed E-state index contributed by atoms with van der Waals surface area (Å²) in [6.45, 7) is 2.22. The van der Waals surface area contributed by atoms with Crippen molar-refractivity contribution >= 4 is 12.4 Å². The zero-order valence-corrected chi connectivity index (χ0v) is 13.2. The molecule has 2 aliphatic rings. The average Bonchev–Trinajstić information content (AvgIpc) is 2.45. The molecule has 0 radical (unpaired) electrons. The summed E-state index contributed by atoms with van der Waals surface area (Å²) >= 11 is 0. The van der Waals surface area contributed by atoms with Crippen molar-refractivity contribution in [3.05, 3.63) is 35.9 Å². The summed E-state index contributed by atoms with van der Waals surface area (Å²) in [5, 5.41) is 2.24. The Labute approximate surface area is 128 Å². The highest BCUT2D eigenvalue weighted by molar-refractivity contribution is 5.85. The van der Waals surface area contributed by atoms with Crippen LogP contribution in [0.25, 0.3) is 0 Å². The van der Waals surface area contributed by atoms with Gasteiger partial charge >= 0.3 is 0 Å². The molecule has 4 heteroatoms. The summed E-state index contributed by atoms with van der Waals surface area (Å²) in [7, 11) is 2.14. The number of halogens is 1. The van der Waals surface area contributed by atoms with Crippen molar-refractivity contribution in [1.29, 1.82) is 0 Å². The highest BCUT2D eigenvalue weighted by Crippen LogP contribution is 2.39. The summed E-state index contributed by atoms with van der Waals surface area (Å²) in [6, 6.07) is 11.0. The Morgan fingerprint density at radius 1 is 1.15 bits per heavy atom. The van der Waals surface area contributed by atoms with E-state index in [2.05, 4.69) is 54.7 Å². The molecule has 2 fully saturated rings. The molecule has 1 aromatic rings. The van der Waals surface area contributed by atoms with Crippen molar-refractivity contribution in [2.75, 3.05) is 7.05 Å². The van der Waals surface area contributed by atoms with Gasteiger partial charge in [-0.3, -0.25) is 0 Å². The number of hydrogen-bond donors (Lipinski definition) is 1. The first kappa shape index (κ1) is 15.8. The van der Waals surface area contributed by atoms with E-state index in [0.29, 0.717) is 6.04 Å². The second kappa shape index (κ2) is 6.44. The maximum atomic E-state index is 6.53. The van der Waals surface area contributed by atoms with E-state index in [4.69, 9.17) is 4.74 Å². The second-order valence-corrected chi connectivity index (χ2v) is 5.97. The van der Waals surface area contributed by atoms with Gasteiger partial charge in [-0.2, -0.15) is 0 Å². The van der Waals surface area contributed by atoms with Crippen molar-refractivity contribution in [3.8, 4) is 0 Å². The van der Waals surface area contributed by atoms with Gasteiger partial charge in [0.05, 0.1) is 6.04 Å². The number of benzene rings is 1. The maximum Gasteiger partial charge on any atom is 0.132 e. The second-order valence-electron chi connectivity index (χ2n) is 5.97. The standard InChI is InChI=1S/C16H24N2O.ClH/c1-13-15(14-9-5-3-6-10-14)19-16(17-18(13)2)11-7-4-8-12-16;/h3,5-6,9-10,13,15,17H,4,7-8,11-12H2,1-2H3;1H/t13-,15-;/m1./s1. The van der Waals surface area contributed by atoms with Crippen LogP contribution < -0.4 is 5.43 Å². The summed E-state index contributed by atoms with van der Waals surface area (Å²) < 4.78 is 6.53. The van der Waals surface area contributed by atoms with Crippen LogP contribution >= 0.6 is 12.4 Å². The third-order valence-electron chi connectivity index (χ3n) is 4.57. The fraction of sp³-hybridized carbons (Fsp3) is 0.625. The van der Waals surface area contributed by atoms with Gasteiger partial charge in [0.15, 0.2) is 0 Å². The molecule has 1 aliphatic carbocycles. The molecule has 1 spiro atoms. The van der Waals surface area contributed by atoms with E-state index >= 15 is 0 Å². The molecule has 0 aromatic heterocycles. The molecule has 3 rings (SSSR count). The van der Waals surface area contributed by atoms with Gasteiger partial charge in [-0.05, 0) is 38.2 Å². The van der Waals surface area contributed by atoms with Gasteiger partial charge in [-0.1, -0.05) is 36.8 Å². The van der Waals surface area contributed by atoms with Crippen LogP contribution in [0.3, 0.4) is 0 Å². The van der Waals surface area contributed by atoms with Crippen LogP contribution in [-0.4, -0.2) is 23.8 Å². The number of ether oxygens (including phenoxy) is 1. The quantitative estimate of drug-likeness (QED) is 0.856. The van der Waals surface area contributed by atoms with E-state index in [9.17, 15) is 0 Å². The first-order valence-corrected chi connectivity index (χ1v) is 7.44. The monoisotopic (exact) mass is 296 g/mol. The van der Waals surface area contributed by atoms with E-state index < -0.39 is 0 Å². The van der Waals surface area contributed by atoms with Gasteiger partial charge in [0.2, 0.25) is 0 Å². The third-order valence-corrected chi connectivity index (χ3v) is 4.57. The Morgan fingerprint density at radius 2 is 1.80 bits per heavy atom. The number of hydrazine groups is 1. The lowest BCUT2D eigenvalue weighted by atomic mass is 9.90. The van der Waals surface area contributed by atoms with Gasteiger partial charge < -0.3 is 4.74 Å². The first-order valence-electron chi connectivity index (χ1n) is 7.44. The number of nitrogens with zero attached hydrogens (tertiary/aromatic N) is 1. The van der Waals surface area contributed by atoms with Gasteiger partial charge in [-0.25, -0.2) is 10.4 Å². The van der Waals surface area contributed by atoms with Gasteiger partial charge in [0, 0.05) is 7.05 Å². The number of likely N-dealkylation sites (N-methyl/N-ethyl adjacent to an activating group) is 1. The van der Waals surface area contributed by atoms with Crippen LogP contribution in [0.4, 0.5) is 0 Å².